The van der Waals surface area contributed by atoms with Crippen molar-refractivity contribution >= 4 is 43.4 Å². The Bertz CT molecular complexity index is 1520. The van der Waals surface area contributed by atoms with Gasteiger partial charge in [-0.3, -0.25) is 32.8 Å². The molecule has 1 unspecified atom stereocenters. The topological polar surface area (TPSA) is 234 Å². The van der Waals surface area contributed by atoms with E-state index in [2.05, 4.69) is 10.3 Å². The number of nitrogens with one attached hydrogen (secondary N) is 1. The van der Waals surface area contributed by atoms with Crippen molar-refractivity contribution < 1.29 is 66.2 Å². The van der Waals surface area contributed by atoms with Crippen molar-refractivity contribution in [2.24, 2.45) is 17.3 Å². The summed E-state index contributed by atoms with van der Waals surface area (Å²) in [5.74, 6) is -4.78. The predicted octanol–water partition coefficient (Wildman–Crippen LogP) is 0.00460. The van der Waals surface area contributed by atoms with Crippen molar-refractivity contribution in [2.75, 3.05) is 32.8 Å². The Morgan fingerprint density at radius 2 is 1.71 bits per heavy atom. The number of aromatic nitrogens is 2. The number of methoxy groups -OCH3 is 2. The molecule has 2 fully saturated rings. The number of hydrogen-bond donors (Lipinski definition) is 2. The smallest absolute Gasteiger partial charge is 0.468 e. The Morgan fingerprint density at radius 3 is 2.29 bits per heavy atom. The second-order valence-electron chi connectivity index (χ2n) is 10.4. The minimum absolute atomic E-state index is 0.0662. The molecule has 18 nitrogen and oxygen atoms in total. The number of phosphoric acid groups is 1. The lowest BCUT2D eigenvalue weighted by Gasteiger charge is -2.24. The normalized spacial score (nSPS) is 29.4. The van der Waals surface area contributed by atoms with Crippen molar-refractivity contribution in [3.8, 4) is 0 Å². The Balaban J connectivity index is 1.50. The zero-order chi connectivity index (χ0) is 33.3. The van der Waals surface area contributed by atoms with Gasteiger partial charge in [-0.25, -0.2) is 14.2 Å². The first-order valence-corrected chi connectivity index (χ1v) is 15.0. The summed E-state index contributed by atoms with van der Waals surface area (Å²) in [4.78, 5) is 87.2. The van der Waals surface area contributed by atoms with E-state index >= 15 is 0 Å². The number of phosphoric ester groups is 1. The van der Waals surface area contributed by atoms with Crippen molar-refractivity contribution in [1.82, 2.24) is 9.55 Å². The number of amides is 1. The molecule has 1 aliphatic heterocycles. The highest BCUT2D eigenvalue weighted by Crippen LogP contribution is 2.70. The quantitative estimate of drug-likeness (QED) is 0.171. The van der Waals surface area contributed by atoms with E-state index < -0.39 is 98.3 Å². The van der Waals surface area contributed by atoms with Crippen molar-refractivity contribution in [3.63, 3.8) is 0 Å². The maximum absolute atomic E-state index is 12.9. The van der Waals surface area contributed by atoms with Gasteiger partial charge in [0.1, 0.15) is 17.3 Å². The molecule has 3 aliphatic rings. The van der Waals surface area contributed by atoms with Crippen LogP contribution < -0.4 is 11.0 Å². The van der Waals surface area contributed by atoms with Gasteiger partial charge in [-0.15, -0.1) is 0 Å². The van der Waals surface area contributed by atoms with Crippen LogP contribution in [-0.2, 0) is 61.3 Å². The van der Waals surface area contributed by atoms with Gasteiger partial charge in [0.25, 0.3) is 0 Å². The van der Waals surface area contributed by atoms with Gasteiger partial charge in [0, 0.05) is 32.9 Å². The molecule has 0 bridgehead atoms. The fourth-order valence-electron chi connectivity index (χ4n) is 5.85. The van der Waals surface area contributed by atoms with Crippen molar-refractivity contribution in [3.05, 3.63) is 34.4 Å². The van der Waals surface area contributed by atoms with E-state index in [9.17, 15) is 38.2 Å². The second kappa shape index (κ2) is 13.2. The Kier molecular flexibility index (Phi) is 9.94. The molecule has 2 heterocycles. The minimum atomic E-state index is -4.88. The monoisotopic (exact) mass is 657 g/mol. The highest BCUT2D eigenvalue weighted by atomic mass is 31.2. The van der Waals surface area contributed by atoms with Gasteiger partial charge in [0.15, 0.2) is 18.4 Å². The lowest BCUT2D eigenvalue weighted by atomic mass is 9.94. The molecular formula is C26H32N3O15P. The second-order valence-corrected chi connectivity index (χ2v) is 11.8. The minimum Gasteiger partial charge on any atom is -0.468 e. The summed E-state index contributed by atoms with van der Waals surface area (Å²) in [6.45, 7) is 2.12. The number of ether oxygens (including phenoxy) is 5. The Morgan fingerprint density at radius 1 is 1.07 bits per heavy atom. The van der Waals surface area contributed by atoms with Crippen molar-refractivity contribution in [2.45, 2.75) is 51.7 Å². The lowest BCUT2D eigenvalue weighted by Crippen LogP contribution is -2.41. The number of carbonyl (C=O) groups is 5. The average Bonchev–Trinajstić information content (AvgIpc) is 3.22. The molecule has 0 aromatic carbocycles. The predicted molar refractivity (Wildman–Crippen MR) is 146 cm³/mol. The standard InChI is InChI=1S/C26H32N3O15P/c1-12(30)27-19-8-9-29(25(35)28-19)22-21(43-14(3)32)20(42-13(2)31)18(44-22)11-41-45(36,37)40-10-17-15-6-7-16(23(33)38-4)26(15,17)24(34)39-5/h7-9,15,17-18,20-22H,6,10-11H2,1-5H3,(H,36,37)(H,27,28,30,35)/t15-,17+,18+,20+,21+,22+,26-/m0/s1. The fraction of sp³-hybridized carbons (Fsp3) is 0.577. The van der Waals surface area contributed by atoms with Gasteiger partial charge < -0.3 is 33.9 Å². The molecule has 1 saturated carbocycles. The number of anilines is 1. The zero-order valence-corrected chi connectivity index (χ0v) is 25.7. The van der Waals surface area contributed by atoms with Crippen LogP contribution in [0.1, 0.15) is 33.4 Å². The molecule has 8 atom stereocenters. The van der Waals surface area contributed by atoms with Crippen molar-refractivity contribution in [1.29, 1.82) is 0 Å². The molecule has 2 N–H and O–H groups in total. The van der Waals surface area contributed by atoms with Crippen LogP contribution in [0.15, 0.2) is 28.7 Å². The van der Waals surface area contributed by atoms with Gasteiger partial charge in [0.2, 0.25) is 5.91 Å². The first kappa shape index (κ1) is 33.9. The van der Waals surface area contributed by atoms with E-state index in [1.165, 1.54) is 19.2 Å². The molecule has 0 spiro atoms. The first-order chi connectivity index (χ1) is 21.2. The molecule has 1 saturated heterocycles. The number of carbonyl (C=O) groups excluding carboxylic acids is 5. The number of allylic oxidation sites excluding steroid dienone is 1. The summed E-state index contributed by atoms with van der Waals surface area (Å²) in [6.07, 6.45) is -2.61. The highest BCUT2D eigenvalue weighted by molar-refractivity contribution is 7.47. The van der Waals surface area contributed by atoms with Crippen LogP contribution in [0.4, 0.5) is 5.82 Å². The maximum Gasteiger partial charge on any atom is 0.472 e. The summed E-state index contributed by atoms with van der Waals surface area (Å²) in [5, 5.41) is 2.34. The van der Waals surface area contributed by atoms with Gasteiger partial charge in [-0.1, -0.05) is 6.08 Å². The molecule has 4 rings (SSSR count). The van der Waals surface area contributed by atoms with E-state index in [0.717, 1.165) is 32.6 Å². The van der Waals surface area contributed by atoms with Crippen LogP contribution in [0.5, 0.6) is 0 Å². The molecule has 45 heavy (non-hydrogen) atoms. The molecule has 2 aliphatic carbocycles. The van der Waals surface area contributed by atoms with Gasteiger partial charge >= 0.3 is 37.4 Å². The van der Waals surface area contributed by atoms with Crippen LogP contribution in [0.2, 0.25) is 0 Å². The van der Waals surface area contributed by atoms with E-state index in [1.54, 1.807) is 6.08 Å². The Hall–Kier alpha value is -3.96. The third kappa shape index (κ3) is 6.84. The SMILES string of the molecule is COC(=O)C1=CC[C@H]2[C@@H](COP(=O)(O)OC[C@H]3O[C@@H](n4ccc(NC(C)=O)nc4=O)[C@H](OC(C)=O)[C@@H]3OC(C)=O)[C@@]12C(=O)OC. The molecule has 246 valence electrons. The van der Waals surface area contributed by atoms with Crippen LogP contribution >= 0.6 is 7.82 Å². The van der Waals surface area contributed by atoms with E-state index in [1.807, 2.05) is 0 Å². The third-order valence-electron chi connectivity index (χ3n) is 7.61. The molecule has 1 aromatic heterocycles. The zero-order valence-electron chi connectivity index (χ0n) is 24.8. The molecular weight excluding hydrogens is 625 g/mol. The summed E-state index contributed by atoms with van der Waals surface area (Å²) < 4.78 is 50.2. The summed E-state index contributed by atoms with van der Waals surface area (Å²) >= 11 is 0. The molecule has 1 aromatic rings. The summed E-state index contributed by atoms with van der Waals surface area (Å²) in [5.41, 5.74) is -2.25. The molecule has 0 radical (unpaired) electrons. The first-order valence-electron chi connectivity index (χ1n) is 13.5. The fourth-order valence-corrected chi connectivity index (χ4v) is 6.60. The Labute approximate surface area is 255 Å². The largest absolute Gasteiger partial charge is 0.472 e. The van der Waals surface area contributed by atoms with Gasteiger partial charge in [0.05, 0.1) is 33.0 Å². The molecule has 19 heteroatoms. The van der Waals surface area contributed by atoms with E-state index in [4.69, 9.17) is 32.7 Å². The van der Waals surface area contributed by atoms with Crippen LogP contribution in [-0.4, -0.2) is 90.0 Å². The van der Waals surface area contributed by atoms with Gasteiger partial charge in [-0.2, -0.15) is 4.98 Å². The number of rotatable bonds is 12. The summed E-state index contributed by atoms with van der Waals surface area (Å²) in [6, 6.07) is 1.27. The number of hydrogen-bond acceptors (Lipinski definition) is 15. The third-order valence-corrected chi connectivity index (χ3v) is 8.56. The van der Waals surface area contributed by atoms with Crippen LogP contribution in [0.3, 0.4) is 0 Å². The van der Waals surface area contributed by atoms with E-state index in [-0.39, 0.29) is 11.4 Å². The van der Waals surface area contributed by atoms with Gasteiger partial charge in [-0.05, 0) is 18.4 Å². The maximum atomic E-state index is 12.9. The van der Waals surface area contributed by atoms with Crippen LogP contribution in [0, 0.1) is 17.3 Å². The van der Waals surface area contributed by atoms with E-state index in [0.29, 0.717) is 6.42 Å². The lowest BCUT2D eigenvalue weighted by molar-refractivity contribution is -0.165. The number of fused-ring (bicyclic) bond motifs is 1. The van der Waals surface area contributed by atoms with Crippen LogP contribution in [0.25, 0.3) is 0 Å². The number of nitrogens with zero attached hydrogens (tertiary/aromatic N) is 2. The molecule has 1 amide bonds. The highest BCUT2D eigenvalue weighted by Gasteiger charge is 2.75. The average molecular weight is 658 g/mol. The number of esters is 4. The summed E-state index contributed by atoms with van der Waals surface area (Å²) in [7, 11) is -2.58.